The SMILES string of the molecule is CCONS(=O)(=O)c1ccccc1C. The van der Waals surface area contributed by atoms with Crippen LogP contribution in [0.15, 0.2) is 29.2 Å². The Morgan fingerprint density at radius 3 is 2.57 bits per heavy atom. The average molecular weight is 215 g/mol. The van der Waals surface area contributed by atoms with Crippen LogP contribution < -0.4 is 4.89 Å². The van der Waals surface area contributed by atoms with Crippen molar-refractivity contribution in [1.82, 2.24) is 4.89 Å². The van der Waals surface area contributed by atoms with Crippen molar-refractivity contribution in [2.24, 2.45) is 0 Å². The molecule has 5 heteroatoms. The topological polar surface area (TPSA) is 55.4 Å². The highest BCUT2D eigenvalue weighted by molar-refractivity contribution is 7.89. The summed E-state index contributed by atoms with van der Waals surface area (Å²) in [5.41, 5.74) is 0.694. The van der Waals surface area contributed by atoms with Gasteiger partial charge in [-0.2, -0.15) is 0 Å². The summed E-state index contributed by atoms with van der Waals surface area (Å²) in [6.45, 7) is 3.74. The Morgan fingerprint density at radius 1 is 1.36 bits per heavy atom. The van der Waals surface area contributed by atoms with Gasteiger partial charge in [-0.05, 0) is 25.5 Å². The minimum atomic E-state index is -3.53. The third-order valence-electron chi connectivity index (χ3n) is 1.70. The molecule has 0 bridgehead atoms. The normalized spacial score (nSPS) is 11.6. The first kappa shape index (κ1) is 11.2. The first-order valence-corrected chi connectivity index (χ1v) is 5.75. The Kier molecular flexibility index (Phi) is 3.62. The molecule has 0 aliphatic carbocycles. The van der Waals surface area contributed by atoms with Gasteiger partial charge in [0.05, 0.1) is 11.5 Å². The summed E-state index contributed by atoms with van der Waals surface area (Å²) in [6, 6.07) is 6.74. The number of nitrogens with one attached hydrogen (secondary N) is 1. The maximum atomic E-state index is 11.6. The van der Waals surface area contributed by atoms with Gasteiger partial charge in [-0.1, -0.05) is 23.1 Å². The van der Waals surface area contributed by atoms with Gasteiger partial charge in [0, 0.05) is 0 Å². The Balaban J connectivity index is 2.99. The second-order valence-electron chi connectivity index (χ2n) is 2.79. The van der Waals surface area contributed by atoms with E-state index in [1.165, 1.54) is 6.07 Å². The van der Waals surface area contributed by atoms with Gasteiger partial charge < -0.3 is 0 Å². The van der Waals surface area contributed by atoms with E-state index in [4.69, 9.17) is 0 Å². The van der Waals surface area contributed by atoms with E-state index in [0.717, 1.165) is 0 Å². The summed E-state index contributed by atoms with van der Waals surface area (Å²) in [5, 5.41) is 0. The van der Waals surface area contributed by atoms with Crippen molar-refractivity contribution in [3.63, 3.8) is 0 Å². The molecule has 0 saturated carbocycles. The van der Waals surface area contributed by atoms with E-state index in [2.05, 4.69) is 4.84 Å². The van der Waals surface area contributed by atoms with E-state index in [9.17, 15) is 8.42 Å². The lowest BCUT2D eigenvalue weighted by Crippen LogP contribution is -2.24. The highest BCUT2D eigenvalue weighted by atomic mass is 32.2. The summed E-state index contributed by atoms with van der Waals surface area (Å²) in [7, 11) is -3.53. The summed E-state index contributed by atoms with van der Waals surface area (Å²) in [4.78, 5) is 6.95. The molecule has 0 aliphatic rings. The molecule has 0 spiro atoms. The highest BCUT2D eigenvalue weighted by Gasteiger charge is 2.15. The van der Waals surface area contributed by atoms with Crippen LogP contribution in [0.4, 0.5) is 0 Å². The van der Waals surface area contributed by atoms with E-state index >= 15 is 0 Å². The van der Waals surface area contributed by atoms with Crippen molar-refractivity contribution in [2.45, 2.75) is 18.7 Å². The predicted octanol–water partition coefficient (Wildman–Crippen LogP) is 1.22. The Morgan fingerprint density at radius 2 is 2.00 bits per heavy atom. The second kappa shape index (κ2) is 4.54. The molecule has 0 atom stereocenters. The summed E-state index contributed by atoms with van der Waals surface area (Å²) in [5.74, 6) is 0. The van der Waals surface area contributed by atoms with Crippen molar-refractivity contribution in [3.05, 3.63) is 29.8 Å². The highest BCUT2D eigenvalue weighted by Crippen LogP contribution is 2.13. The molecule has 0 radical (unpaired) electrons. The number of hydrogen-bond donors (Lipinski definition) is 1. The molecule has 0 amide bonds. The molecule has 0 aromatic heterocycles. The zero-order valence-corrected chi connectivity index (χ0v) is 8.97. The van der Waals surface area contributed by atoms with Crippen LogP contribution in [0.1, 0.15) is 12.5 Å². The van der Waals surface area contributed by atoms with Crippen LogP contribution in [-0.2, 0) is 14.9 Å². The van der Waals surface area contributed by atoms with E-state index in [1.807, 2.05) is 4.89 Å². The summed E-state index contributed by atoms with van der Waals surface area (Å²) in [6.07, 6.45) is 0. The zero-order valence-electron chi connectivity index (χ0n) is 8.15. The van der Waals surface area contributed by atoms with E-state index < -0.39 is 10.0 Å². The van der Waals surface area contributed by atoms with E-state index in [-0.39, 0.29) is 4.90 Å². The first-order valence-electron chi connectivity index (χ1n) is 4.27. The van der Waals surface area contributed by atoms with Gasteiger partial charge in [-0.25, -0.2) is 8.42 Å². The summed E-state index contributed by atoms with van der Waals surface area (Å²) < 4.78 is 23.2. The Bertz CT molecular complexity index is 400. The molecule has 14 heavy (non-hydrogen) atoms. The third kappa shape index (κ3) is 2.54. The van der Waals surface area contributed by atoms with Crippen LogP contribution in [0.25, 0.3) is 0 Å². The molecule has 0 heterocycles. The predicted molar refractivity (Wildman–Crippen MR) is 53.1 cm³/mol. The van der Waals surface area contributed by atoms with Gasteiger partial charge >= 0.3 is 0 Å². The molecule has 78 valence electrons. The molecule has 0 unspecified atom stereocenters. The molecule has 1 aromatic rings. The monoisotopic (exact) mass is 215 g/mol. The van der Waals surface area contributed by atoms with Gasteiger partial charge in [0.2, 0.25) is 0 Å². The number of benzene rings is 1. The molecule has 0 fully saturated rings. The van der Waals surface area contributed by atoms with Gasteiger partial charge in [0.25, 0.3) is 10.0 Å². The maximum Gasteiger partial charge on any atom is 0.262 e. The lowest BCUT2D eigenvalue weighted by Gasteiger charge is -2.07. The molecule has 0 saturated heterocycles. The fourth-order valence-corrected chi connectivity index (χ4v) is 2.15. The zero-order chi connectivity index (χ0) is 10.6. The molecular weight excluding hydrogens is 202 g/mol. The fraction of sp³-hybridized carbons (Fsp3) is 0.333. The van der Waals surface area contributed by atoms with Crippen LogP contribution in [0.3, 0.4) is 0 Å². The van der Waals surface area contributed by atoms with Gasteiger partial charge in [0.1, 0.15) is 0 Å². The minimum absolute atomic E-state index is 0.244. The van der Waals surface area contributed by atoms with Crippen LogP contribution in [-0.4, -0.2) is 15.0 Å². The molecule has 1 N–H and O–H groups in total. The van der Waals surface area contributed by atoms with Gasteiger partial charge in [-0.3, -0.25) is 4.84 Å². The van der Waals surface area contributed by atoms with Crippen LogP contribution in [0, 0.1) is 6.92 Å². The fourth-order valence-electron chi connectivity index (χ4n) is 1.04. The average Bonchev–Trinajstić information content (AvgIpc) is 2.15. The minimum Gasteiger partial charge on any atom is -0.287 e. The van der Waals surface area contributed by atoms with Crippen molar-refractivity contribution in [3.8, 4) is 0 Å². The smallest absolute Gasteiger partial charge is 0.262 e. The standard InChI is InChI=1S/C9H13NO3S/c1-3-13-10-14(11,12)9-7-5-4-6-8(9)2/h4-7,10H,3H2,1-2H3. The van der Waals surface area contributed by atoms with Gasteiger partial charge in [0.15, 0.2) is 0 Å². The lowest BCUT2D eigenvalue weighted by molar-refractivity contribution is 0.105. The molecule has 1 rings (SSSR count). The van der Waals surface area contributed by atoms with Crippen LogP contribution >= 0.6 is 0 Å². The van der Waals surface area contributed by atoms with Crippen molar-refractivity contribution >= 4 is 10.0 Å². The van der Waals surface area contributed by atoms with E-state index in [1.54, 1.807) is 32.0 Å². The van der Waals surface area contributed by atoms with Crippen molar-refractivity contribution < 1.29 is 13.3 Å². The Labute approximate surface area is 83.9 Å². The third-order valence-corrected chi connectivity index (χ3v) is 3.07. The second-order valence-corrected chi connectivity index (χ2v) is 4.40. The number of sulfonamides is 1. The quantitative estimate of drug-likeness (QED) is 0.768. The Hall–Kier alpha value is -0.910. The van der Waals surface area contributed by atoms with E-state index in [0.29, 0.717) is 12.2 Å². The summed E-state index contributed by atoms with van der Waals surface area (Å²) >= 11 is 0. The van der Waals surface area contributed by atoms with Crippen molar-refractivity contribution in [1.29, 1.82) is 0 Å². The molecule has 0 aliphatic heterocycles. The molecular formula is C9H13NO3S. The first-order chi connectivity index (χ1) is 6.58. The number of aryl methyl sites for hydroxylation is 1. The number of rotatable bonds is 4. The maximum absolute atomic E-state index is 11.6. The van der Waals surface area contributed by atoms with Crippen LogP contribution in [0.5, 0.6) is 0 Å². The van der Waals surface area contributed by atoms with Crippen molar-refractivity contribution in [2.75, 3.05) is 6.61 Å². The van der Waals surface area contributed by atoms with Gasteiger partial charge in [-0.15, -0.1) is 0 Å². The molecule has 4 nitrogen and oxygen atoms in total. The largest absolute Gasteiger partial charge is 0.287 e. The lowest BCUT2D eigenvalue weighted by atomic mass is 10.2. The number of hydrogen-bond acceptors (Lipinski definition) is 3. The molecule has 1 aromatic carbocycles. The van der Waals surface area contributed by atoms with Crippen LogP contribution in [0.2, 0.25) is 0 Å².